The summed E-state index contributed by atoms with van der Waals surface area (Å²) in [5, 5.41) is 3.61. The van der Waals surface area contributed by atoms with Crippen LogP contribution < -0.4 is 10.1 Å². The highest BCUT2D eigenvalue weighted by Crippen LogP contribution is 2.33. The molecule has 0 saturated carbocycles. The normalized spacial score (nSPS) is 18.4. The van der Waals surface area contributed by atoms with Crippen molar-refractivity contribution in [2.75, 3.05) is 51.9 Å². The van der Waals surface area contributed by atoms with Gasteiger partial charge in [-0.25, -0.2) is 4.79 Å². The van der Waals surface area contributed by atoms with Gasteiger partial charge in [-0.1, -0.05) is 0 Å². The Hall–Kier alpha value is -2.62. The lowest BCUT2D eigenvalue weighted by molar-refractivity contribution is -0.185. The van der Waals surface area contributed by atoms with Crippen molar-refractivity contribution in [3.05, 3.63) is 23.9 Å². The van der Waals surface area contributed by atoms with E-state index in [0.717, 1.165) is 31.4 Å². The fourth-order valence-corrected chi connectivity index (χ4v) is 4.15. The second-order valence-corrected chi connectivity index (χ2v) is 7.75. The molecule has 4 rings (SSSR count). The van der Waals surface area contributed by atoms with Crippen LogP contribution in [-0.4, -0.2) is 74.1 Å². The van der Waals surface area contributed by atoms with Gasteiger partial charge in [0, 0.05) is 49.8 Å². The number of aromatic nitrogens is 1. The number of carbonyl (C=O) groups excluding carboxylic acids is 2. The first-order chi connectivity index (χ1) is 15.0. The minimum absolute atomic E-state index is 0.164. The van der Waals surface area contributed by atoms with Gasteiger partial charge in [0.15, 0.2) is 5.79 Å². The van der Waals surface area contributed by atoms with Crippen molar-refractivity contribution in [2.24, 2.45) is 0 Å². The van der Waals surface area contributed by atoms with Gasteiger partial charge < -0.3 is 34.1 Å². The lowest BCUT2D eigenvalue weighted by Crippen LogP contribution is -2.45. The van der Waals surface area contributed by atoms with E-state index < -0.39 is 11.8 Å². The molecular weight excluding hydrogens is 402 g/mol. The van der Waals surface area contributed by atoms with Crippen LogP contribution in [0.5, 0.6) is 5.75 Å². The summed E-state index contributed by atoms with van der Waals surface area (Å²) in [6, 6.07) is 5.39. The predicted molar refractivity (Wildman–Crippen MR) is 114 cm³/mol. The van der Waals surface area contributed by atoms with Crippen molar-refractivity contribution >= 4 is 28.5 Å². The van der Waals surface area contributed by atoms with Crippen molar-refractivity contribution in [2.45, 2.75) is 32.0 Å². The first-order valence-electron chi connectivity index (χ1n) is 10.7. The second-order valence-electron chi connectivity index (χ2n) is 7.75. The number of amides is 1. The zero-order valence-corrected chi connectivity index (χ0v) is 18.0. The topological polar surface area (TPSA) is 102 Å². The summed E-state index contributed by atoms with van der Waals surface area (Å²) in [4.78, 5) is 30.5. The fourth-order valence-electron chi connectivity index (χ4n) is 4.15. The third kappa shape index (κ3) is 4.68. The van der Waals surface area contributed by atoms with Crippen molar-refractivity contribution in [3.63, 3.8) is 0 Å². The molecule has 2 aliphatic rings. The largest absolute Gasteiger partial charge is 0.497 e. The van der Waals surface area contributed by atoms with Crippen LogP contribution in [0.25, 0.3) is 10.9 Å². The smallest absolute Gasteiger partial charge is 0.356 e. The Morgan fingerprint density at radius 1 is 1.23 bits per heavy atom. The third-order valence-electron chi connectivity index (χ3n) is 5.84. The fraction of sp³-hybridized carbons (Fsp3) is 0.545. The molecule has 2 aromatic rings. The first kappa shape index (κ1) is 21.6. The minimum Gasteiger partial charge on any atom is -0.497 e. The molecule has 2 N–H and O–H groups in total. The van der Waals surface area contributed by atoms with Crippen LogP contribution in [0.1, 0.15) is 36.7 Å². The molecule has 168 valence electrons. The number of hydrogen-bond acceptors (Lipinski definition) is 7. The number of fused-ring (bicyclic) bond motifs is 1. The maximum Gasteiger partial charge on any atom is 0.356 e. The van der Waals surface area contributed by atoms with Gasteiger partial charge in [0.2, 0.25) is 5.91 Å². The molecule has 1 amide bonds. The molecule has 0 atom stereocenters. The van der Waals surface area contributed by atoms with Gasteiger partial charge in [-0.3, -0.25) is 4.79 Å². The number of methoxy groups -OCH3 is 1. The quantitative estimate of drug-likeness (QED) is 0.650. The summed E-state index contributed by atoms with van der Waals surface area (Å²) >= 11 is 0. The Labute approximate surface area is 181 Å². The van der Waals surface area contributed by atoms with Crippen molar-refractivity contribution in [1.82, 2.24) is 9.88 Å². The molecule has 31 heavy (non-hydrogen) atoms. The van der Waals surface area contributed by atoms with E-state index in [9.17, 15) is 9.59 Å². The van der Waals surface area contributed by atoms with Gasteiger partial charge in [-0.2, -0.15) is 0 Å². The van der Waals surface area contributed by atoms with E-state index in [1.807, 2.05) is 6.07 Å². The van der Waals surface area contributed by atoms with Gasteiger partial charge >= 0.3 is 5.97 Å². The Bertz CT molecular complexity index is 940. The van der Waals surface area contributed by atoms with Crippen LogP contribution in [0.2, 0.25) is 0 Å². The Kier molecular flexibility index (Phi) is 6.45. The van der Waals surface area contributed by atoms with E-state index in [0.29, 0.717) is 43.0 Å². The molecule has 0 bridgehead atoms. The monoisotopic (exact) mass is 431 g/mol. The molecular formula is C22H29N3O6. The third-order valence-corrected chi connectivity index (χ3v) is 5.84. The van der Waals surface area contributed by atoms with Crippen LogP contribution in [0.4, 0.5) is 5.69 Å². The van der Waals surface area contributed by atoms with Crippen LogP contribution >= 0.6 is 0 Å². The van der Waals surface area contributed by atoms with Gasteiger partial charge in [-0.15, -0.1) is 0 Å². The van der Waals surface area contributed by atoms with Crippen LogP contribution in [-0.2, 0) is 19.0 Å². The molecule has 0 aliphatic carbocycles. The number of carbonyl (C=O) groups is 2. The summed E-state index contributed by atoms with van der Waals surface area (Å²) in [7, 11) is 1.57. The number of esters is 1. The molecule has 1 spiro atoms. The van der Waals surface area contributed by atoms with Crippen molar-refractivity contribution < 1.29 is 28.5 Å². The minimum atomic E-state index is -0.508. The van der Waals surface area contributed by atoms with Gasteiger partial charge in [0.1, 0.15) is 11.4 Å². The number of aromatic amines is 1. The molecule has 3 heterocycles. The molecule has 1 aromatic heterocycles. The maximum absolute atomic E-state index is 12.7. The van der Waals surface area contributed by atoms with Gasteiger partial charge in [-0.05, 0) is 25.1 Å². The number of rotatable bonds is 7. The van der Waals surface area contributed by atoms with Crippen molar-refractivity contribution in [3.8, 4) is 5.75 Å². The van der Waals surface area contributed by atoms with Crippen LogP contribution in [0, 0.1) is 0 Å². The highest BCUT2D eigenvalue weighted by Gasteiger charge is 2.39. The molecule has 9 heteroatoms. The summed E-state index contributed by atoms with van der Waals surface area (Å²) in [6.45, 7) is 5.57. The Morgan fingerprint density at radius 2 is 1.97 bits per heavy atom. The molecule has 2 saturated heterocycles. The number of likely N-dealkylation sites (tertiary alicyclic amines) is 1. The number of hydrogen-bond donors (Lipinski definition) is 2. The number of piperidine rings is 1. The zero-order chi connectivity index (χ0) is 21.8. The number of nitrogens with zero attached hydrogens (tertiary/aromatic N) is 1. The van der Waals surface area contributed by atoms with Crippen LogP contribution in [0.3, 0.4) is 0 Å². The number of benzene rings is 1. The molecule has 1 aromatic carbocycles. The maximum atomic E-state index is 12.7. The molecule has 0 radical (unpaired) electrons. The second kappa shape index (κ2) is 9.25. The Balaban J connectivity index is 1.42. The van der Waals surface area contributed by atoms with E-state index in [-0.39, 0.29) is 18.2 Å². The highest BCUT2D eigenvalue weighted by atomic mass is 16.7. The SMILES string of the molecule is CCOC(=O)c1[nH]c2ccc(OC)cc2c1NC(=O)CCN1CCC2(CC1)OCCO2. The van der Waals surface area contributed by atoms with E-state index in [1.54, 1.807) is 26.2 Å². The lowest BCUT2D eigenvalue weighted by atomic mass is 10.0. The first-order valence-corrected chi connectivity index (χ1v) is 10.7. The highest BCUT2D eigenvalue weighted by molar-refractivity contribution is 6.11. The average Bonchev–Trinajstić information content (AvgIpc) is 3.38. The summed E-state index contributed by atoms with van der Waals surface area (Å²) in [5.74, 6) is -0.457. The number of ether oxygens (including phenoxy) is 4. The zero-order valence-electron chi connectivity index (χ0n) is 18.0. The number of H-pyrrole nitrogens is 1. The summed E-state index contributed by atoms with van der Waals surface area (Å²) < 4.78 is 22.0. The number of nitrogens with one attached hydrogen (secondary N) is 2. The van der Waals surface area contributed by atoms with Gasteiger partial charge in [0.25, 0.3) is 0 Å². The molecule has 0 unspecified atom stereocenters. The molecule has 2 aliphatic heterocycles. The van der Waals surface area contributed by atoms with E-state index in [2.05, 4.69) is 15.2 Å². The standard InChI is InChI=1S/C22H29N3O6/c1-3-29-21(27)20-19(16-14-15(28-2)4-5-17(16)23-20)24-18(26)6-9-25-10-7-22(8-11-25)30-12-13-31-22/h4-5,14,23H,3,6-13H2,1-2H3,(H,24,26). The average molecular weight is 431 g/mol. The van der Waals surface area contributed by atoms with Crippen LogP contribution in [0.15, 0.2) is 18.2 Å². The Morgan fingerprint density at radius 3 is 2.65 bits per heavy atom. The summed E-state index contributed by atoms with van der Waals surface area (Å²) in [6.07, 6.45) is 1.93. The van der Waals surface area contributed by atoms with Crippen molar-refractivity contribution in [1.29, 1.82) is 0 Å². The van der Waals surface area contributed by atoms with E-state index in [4.69, 9.17) is 18.9 Å². The van der Waals surface area contributed by atoms with E-state index in [1.165, 1.54) is 0 Å². The van der Waals surface area contributed by atoms with Gasteiger partial charge in [0.05, 0.1) is 32.6 Å². The molecule has 2 fully saturated rings. The number of anilines is 1. The van der Waals surface area contributed by atoms with E-state index >= 15 is 0 Å². The predicted octanol–water partition coefficient (Wildman–Crippen LogP) is 2.52. The lowest BCUT2D eigenvalue weighted by Gasteiger charge is -2.37. The molecule has 9 nitrogen and oxygen atoms in total. The summed E-state index contributed by atoms with van der Waals surface area (Å²) in [5.41, 5.74) is 1.37.